The van der Waals surface area contributed by atoms with E-state index in [9.17, 15) is 9.18 Å². The van der Waals surface area contributed by atoms with Crippen molar-refractivity contribution in [1.29, 1.82) is 0 Å². The van der Waals surface area contributed by atoms with Gasteiger partial charge in [0.2, 0.25) is 5.91 Å². The molecule has 2 rings (SSSR count). The van der Waals surface area contributed by atoms with Gasteiger partial charge >= 0.3 is 0 Å². The molecule has 1 aromatic carbocycles. The van der Waals surface area contributed by atoms with Gasteiger partial charge in [-0.25, -0.2) is 4.39 Å². The summed E-state index contributed by atoms with van der Waals surface area (Å²) in [4.78, 5) is 11.3. The molecule has 0 bridgehead atoms. The molecule has 3 N–H and O–H groups in total. The van der Waals surface area contributed by atoms with Gasteiger partial charge in [-0.1, -0.05) is 39.3 Å². The number of carbonyl (C=O) groups is 1. The number of rotatable bonds is 9. The molecule has 0 saturated heterocycles. The summed E-state index contributed by atoms with van der Waals surface area (Å²) in [5, 5.41) is 3.43. The van der Waals surface area contributed by atoms with E-state index in [2.05, 4.69) is 19.2 Å². The lowest BCUT2D eigenvalue weighted by molar-refractivity contribution is -0.115. The number of primary amides is 1. The first-order valence-corrected chi connectivity index (χ1v) is 9.25. The summed E-state index contributed by atoms with van der Waals surface area (Å²) in [6.45, 7) is 7.89. The Morgan fingerprint density at radius 2 is 2.00 bits per heavy atom. The maximum Gasteiger partial charge on any atom is 0.245 e. The summed E-state index contributed by atoms with van der Waals surface area (Å²) in [5.74, 6) is 0.302. The topological polar surface area (TPSA) is 64.3 Å². The van der Waals surface area contributed by atoms with Crippen LogP contribution in [0.1, 0.15) is 39.2 Å². The van der Waals surface area contributed by atoms with E-state index in [1.807, 2.05) is 24.3 Å². The van der Waals surface area contributed by atoms with E-state index in [0.29, 0.717) is 5.75 Å². The van der Waals surface area contributed by atoms with Gasteiger partial charge in [-0.3, -0.25) is 4.79 Å². The van der Waals surface area contributed by atoms with E-state index in [-0.39, 0.29) is 11.3 Å². The maximum absolute atomic E-state index is 14.5. The van der Waals surface area contributed by atoms with E-state index >= 15 is 0 Å². The second kappa shape index (κ2) is 9.53. The Bertz CT molecular complexity index is 667. The zero-order valence-electron chi connectivity index (χ0n) is 15.8. The average Bonchev–Trinajstić information content (AvgIpc) is 2.63. The smallest absolute Gasteiger partial charge is 0.245 e. The lowest BCUT2D eigenvalue weighted by atomic mass is 9.90. The van der Waals surface area contributed by atoms with E-state index in [1.54, 1.807) is 6.92 Å². The molecule has 1 amide bonds. The molecule has 142 valence electrons. The molecule has 0 aromatic heterocycles. The number of amides is 1. The zero-order chi connectivity index (χ0) is 19.1. The number of carbonyl (C=O) groups excluding carboxylic acids is 1. The van der Waals surface area contributed by atoms with Crippen LogP contribution in [0, 0.1) is 11.8 Å². The van der Waals surface area contributed by atoms with Gasteiger partial charge in [-0.15, -0.1) is 0 Å². The lowest BCUT2D eigenvalue weighted by Gasteiger charge is -2.24. The summed E-state index contributed by atoms with van der Waals surface area (Å²) in [7, 11) is 0. The van der Waals surface area contributed by atoms with Gasteiger partial charge in [0.25, 0.3) is 0 Å². The molecular formula is C21H29FN2O2. The van der Waals surface area contributed by atoms with Crippen molar-refractivity contribution in [3.05, 3.63) is 53.3 Å². The van der Waals surface area contributed by atoms with E-state index in [1.165, 1.54) is 25.0 Å². The van der Waals surface area contributed by atoms with Gasteiger partial charge in [0.15, 0.2) is 6.17 Å². The van der Waals surface area contributed by atoms with Gasteiger partial charge < -0.3 is 15.8 Å². The van der Waals surface area contributed by atoms with Crippen LogP contribution in [0.4, 0.5) is 4.39 Å². The lowest BCUT2D eigenvalue weighted by Crippen LogP contribution is -2.30. The van der Waals surface area contributed by atoms with E-state index in [4.69, 9.17) is 10.5 Å². The number of hydrogen-bond donors (Lipinski definition) is 2. The summed E-state index contributed by atoms with van der Waals surface area (Å²) in [6.07, 6.45) is 4.00. The normalized spacial score (nSPS) is 20.9. The van der Waals surface area contributed by atoms with Crippen LogP contribution >= 0.6 is 0 Å². The molecular weight excluding hydrogens is 331 g/mol. The van der Waals surface area contributed by atoms with Crippen LogP contribution in [-0.4, -0.2) is 18.6 Å². The van der Waals surface area contributed by atoms with Crippen LogP contribution in [0.25, 0.3) is 0 Å². The van der Waals surface area contributed by atoms with Crippen molar-refractivity contribution in [3.8, 4) is 5.75 Å². The van der Waals surface area contributed by atoms with Crippen molar-refractivity contribution in [2.75, 3.05) is 6.54 Å². The van der Waals surface area contributed by atoms with Crippen molar-refractivity contribution >= 4 is 5.91 Å². The second-order valence-electron chi connectivity index (χ2n) is 6.97. The largest absolute Gasteiger partial charge is 0.459 e. The van der Waals surface area contributed by atoms with Crippen LogP contribution in [0.15, 0.2) is 47.7 Å². The number of hydrogen-bond acceptors (Lipinski definition) is 3. The molecule has 1 aromatic rings. The van der Waals surface area contributed by atoms with Crippen LogP contribution < -0.4 is 15.8 Å². The van der Waals surface area contributed by atoms with Crippen molar-refractivity contribution in [2.45, 2.75) is 46.3 Å². The summed E-state index contributed by atoms with van der Waals surface area (Å²) in [6, 6.07) is 7.60. The minimum atomic E-state index is -1.38. The summed E-state index contributed by atoms with van der Waals surface area (Å²) in [5.41, 5.74) is 6.69. The Morgan fingerprint density at radius 3 is 2.62 bits per heavy atom. The third kappa shape index (κ3) is 5.43. The minimum absolute atomic E-state index is 0.196. The molecule has 3 unspecified atom stereocenters. The summed E-state index contributed by atoms with van der Waals surface area (Å²) >= 11 is 0. The predicted molar refractivity (Wildman–Crippen MR) is 102 cm³/mol. The maximum atomic E-state index is 14.5. The van der Waals surface area contributed by atoms with Crippen molar-refractivity contribution in [3.63, 3.8) is 0 Å². The van der Waals surface area contributed by atoms with Crippen LogP contribution in [0.5, 0.6) is 5.75 Å². The Hall–Kier alpha value is -2.14. The highest BCUT2D eigenvalue weighted by Crippen LogP contribution is 2.30. The number of ether oxygens (including phenoxy) is 1. The fourth-order valence-electron chi connectivity index (χ4n) is 2.81. The third-order valence-electron chi connectivity index (χ3n) is 4.91. The van der Waals surface area contributed by atoms with E-state index in [0.717, 1.165) is 24.6 Å². The fraction of sp³-hybridized carbons (Fsp3) is 0.476. The number of halogens is 1. The molecule has 1 aliphatic rings. The predicted octanol–water partition coefficient (Wildman–Crippen LogP) is 3.87. The Kier molecular flexibility index (Phi) is 7.39. The standard InChI is InChI=1S/C21H29FN2O2/c1-4-14(2)11-12-24-13-16-5-7-17(8-6-16)26-19-10-9-18(21(23)25)15(3)20(19)22/h5-10,14-15,20,24H,4,11-13H2,1-3H3,(H2,23,25). The van der Waals surface area contributed by atoms with Crippen molar-refractivity contribution in [2.24, 2.45) is 17.6 Å². The highest BCUT2D eigenvalue weighted by Gasteiger charge is 2.31. The molecule has 26 heavy (non-hydrogen) atoms. The molecule has 0 saturated carbocycles. The van der Waals surface area contributed by atoms with E-state index < -0.39 is 18.0 Å². The highest BCUT2D eigenvalue weighted by molar-refractivity contribution is 5.93. The number of alkyl halides is 1. The van der Waals surface area contributed by atoms with Gasteiger partial charge in [0.1, 0.15) is 11.5 Å². The average molecular weight is 360 g/mol. The quantitative estimate of drug-likeness (QED) is 0.657. The molecule has 3 atom stereocenters. The third-order valence-corrected chi connectivity index (χ3v) is 4.91. The molecule has 0 fully saturated rings. The molecule has 0 aliphatic heterocycles. The van der Waals surface area contributed by atoms with Gasteiger partial charge in [0.05, 0.1) is 0 Å². The SMILES string of the molecule is CCC(C)CCNCc1ccc(OC2=CC=C(C(N)=O)C(C)C2F)cc1. The van der Waals surface area contributed by atoms with Crippen LogP contribution in [0.2, 0.25) is 0 Å². The van der Waals surface area contributed by atoms with Crippen molar-refractivity contribution < 1.29 is 13.9 Å². The van der Waals surface area contributed by atoms with Gasteiger partial charge in [-0.05, 0) is 48.7 Å². The first-order chi connectivity index (χ1) is 12.4. The fourth-order valence-corrected chi connectivity index (χ4v) is 2.81. The number of nitrogens with two attached hydrogens (primary N) is 1. The number of nitrogens with one attached hydrogen (secondary N) is 1. The van der Waals surface area contributed by atoms with Gasteiger partial charge in [0, 0.05) is 18.0 Å². The Labute approximate surface area is 155 Å². The first-order valence-electron chi connectivity index (χ1n) is 9.25. The summed E-state index contributed by atoms with van der Waals surface area (Å²) < 4.78 is 20.1. The van der Waals surface area contributed by atoms with Crippen LogP contribution in [0.3, 0.4) is 0 Å². The molecule has 1 aliphatic carbocycles. The Balaban J connectivity index is 1.90. The molecule has 4 nitrogen and oxygen atoms in total. The van der Waals surface area contributed by atoms with Crippen LogP contribution in [-0.2, 0) is 11.3 Å². The second-order valence-corrected chi connectivity index (χ2v) is 6.97. The zero-order valence-corrected chi connectivity index (χ0v) is 15.8. The number of benzene rings is 1. The highest BCUT2D eigenvalue weighted by atomic mass is 19.1. The first kappa shape index (κ1) is 20.2. The number of allylic oxidation sites excluding steroid dienone is 3. The molecule has 5 heteroatoms. The Morgan fingerprint density at radius 1 is 1.31 bits per heavy atom. The van der Waals surface area contributed by atoms with Crippen molar-refractivity contribution in [1.82, 2.24) is 5.32 Å². The molecule has 0 spiro atoms. The van der Waals surface area contributed by atoms with Gasteiger partial charge in [-0.2, -0.15) is 0 Å². The molecule has 0 heterocycles. The molecule has 0 radical (unpaired) electrons. The monoisotopic (exact) mass is 360 g/mol. The minimum Gasteiger partial charge on any atom is -0.459 e.